The molecule has 0 spiro atoms. The van der Waals surface area contributed by atoms with Crippen LogP contribution in [0.4, 0.5) is 5.69 Å². The second kappa shape index (κ2) is 6.01. The molecule has 1 aromatic carbocycles. The molecular weight excluding hydrogens is 220 g/mol. The molecule has 92 valence electrons. The predicted molar refractivity (Wildman–Crippen MR) is 77.5 cm³/mol. The molecule has 2 rings (SSSR count). The van der Waals surface area contributed by atoms with Crippen molar-refractivity contribution in [2.45, 2.75) is 19.9 Å². The van der Waals surface area contributed by atoms with Gasteiger partial charge in [0.1, 0.15) is 0 Å². The van der Waals surface area contributed by atoms with Gasteiger partial charge < -0.3 is 5.32 Å². The fourth-order valence-electron chi connectivity index (χ4n) is 2.01. The number of rotatable bonds is 5. The first-order chi connectivity index (χ1) is 8.85. The smallest absolute Gasteiger partial charge is 0.0419 e. The molecule has 1 aromatic heterocycles. The Labute approximate surface area is 108 Å². The van der Waals surface area contributed by atoms with Crippen LogP contribution in [0.3, 0.4) is 0 Å². The maximum atomic E-state index is 4.02. The quantitative estimate of drug-likeness (QED) is 0.854. The summed E-state index contributed by atoms with van der Waals surface area (Å²) in [7, 11) is 0. The van der Waals surface area contributed by atoms with E-state index in [0.717, 1.165) is 18.7 Å². The normalized spacial score (nSPS) is 10.1. The number of pyridine rings is 1. The Bertz CT molecular complexity index is 518. The SMILES string of the molecule is C=Cc1c(CC)cccc1NCc1ccncc1. The molecule has 18 heavy (non-hydrogen) atoms. The maximum absolute atomic E-state index is 4.02. The molecule has 2 heteroatoms. The summed E-state index contributed by atoms with van der Waals surface area (Å²) in [4.78, 5) is 4.02. The average Bonchev–Trinajstić information content (AvgIpc) is 2.45. The summed E-state index contributed by atoms with van der Waals surface area (Å²) in [5.74, 6) is 0. The van der Waals surface area contributed by atoms with Crippen molar-refractivity contribution >= 4 is 11.8 Å². The number of hydrogen-bond donors (Lipinski definition) is 1. The number of hydrogen-bond acceptors (Lipinski definition) is 2. The minimum atomic E-state index is 0.802. The highest BCUT2D eigenvalue weighted by molar-refractivity contribution is 5.68. The lowest BCUT2D eigenvalue weighted by atomic mass is 10.0. The van der Waals surface area contributed by atoms with Crippen molar-refractivity contribution in [3.05, 3.63) is 66.0 Å². The van der Waals surface area contributed by atoms with Crippen molar-refractivity contribution in [3.63, 3.8) is 0 Å². The first-order valence-electron chi connectivity index (χ1n) is 6.22. The fourth-order valence-corrected chi connectivity index (χ4v) is 2.01. The van der Waals surface area contributed by atoms with E-state index in [4.69, 9.17) is 0 Å². The van der Waals surface area contributed by atoms with Gasteiger partial charge in [-0.15, -0.1) is 0 Å². The van der Waals surface area contributed by atoms with Crippen molar-refractivity contribution in [3.8, 4) is 0 Å². The molecule has 0 fully saturated rings. The van der Waals surface area contributed by atoms with Gasteiger partial charge in [-0.3, -0.25) is 4.98 Å². The van der Waals surface area contributed by atoms with Gasteiger partial charge in [0, 0.05) is 30.2 Å². The third-order valence-electron chi connectivity index (χ3n) is 3.01. The van der Waals surface area contributed by atoms with Crippen LogP contribution in [0.25, 0.3) is 6.08 Å². The van der Waals surface area contributed by atoms with Crippen LogP contribution in [0.15, 0.2) is 49.3 Å². The zero-order valence-corrected chi connectivity index (χ0v) is 10.7. The minimum Gasteiger partial charge on any atom is -0.380 e. The molecule has 1 N–H and O–H groups in total. The van der Waals surface area contributed by atoms with Gasteiger partial charge in [-0.25, -0.2) is 0 Å². The van der Waals surface area contributed by atoms with Gasteiger partial charge in [0.15, 0.2) is 0 Å². The highest BCUT2D eigenvalue weighted by atomic mass is 14.9. The van der Waals surface area contributed by atoms with Crippen molar-refractivity contribution in [1.29, 1.82) is 0 Å². The number of nitrogens with zero attached hydrogens (tertiary/aromatic N) is 1. The van der Waals surface area contributed by atoms with Crippen LogP contribution < -0.4 is 5.32 Å². The molecular formula is C16H18N2. The largest absolute Gasteiger partial charge is 0.380 e. The van der Waals surface area contributed by atoms with E-state index < -0.39 is 0 Å². The Kier molecular flexibility index (Phi) is 4.13. The van der Waals surface area contributed by atoms with Gasteiger partial charge in [0.2, 0.25) is 0 Å². The van der Waals surface area contributed by atoms with E-state index in [0.29, 0.717) is 0 Å². The monoisotopic (exact) mass is 238 g/mol. The number of anilines is 1. The summed E-state index contributed by atoms with van der Waals surface area (Å²) in [6.07, 6.45) is 6.57. The summed E-state index contributed by atoms with van der Waals surface area (Å²) in [5.41, 5.74) is 4.89. The van der Waals surface area contributed by atoms with Gasteiger partial charge in [-0.1, -0.05) is 31.7 Å². The van der Waals surface area contributed by atoms with Crippen LogP contribution in [0.1, 0.15) is 23.6 Å². The number of aryl methyl sites for hydroxylation is 1. The van der Waals surface area contributed by atoms with Gasteiger partial charge in [0.05, 0.1) is 0 Å². The van der Waals surface area contributed by atoms with E-state index in [9.17, 15) is 0 Å². The molecule has 0 bridgehead atoms. The van der Waals surface area contributed by atoms with E-state index in [1.807, 2.05) is 30.6 Å². The second-order valence-corrected chi connectivity index (χ2v) is 4.15. The Morgan fingerprint density at radius 2 is 2.00 bits per heavy atom. The lowest BCUT2D eigenvalue weighted by Crippen LogP contribution is -2.02. The Balaban J connectivity index is 2.17. The fraction of sp³-hybridized carbons (Fsp3) is 0.188. The maximum Gasteiger partial charge on any atom is 0.0419 e. The molecule has 2 aromatic rings. The number of benzene rings is 1. The molecule has 0 amide bonds. The van der Waals surface area contributed by atoms with Crippen LogP contribution in [-0.4, -0.2) is 4.98 Å². The molecule has 0 aliphatic carbocycles. The third kappa shape index (κ3) is 2.77. The highest BCUT2D eigenvalue weighted by Crippen LogP contribution is 2.22. The standard InChI is InChI=1S/C16H18N2/c1-3-14-6-5-7-16(15(14)4-2)18-12-13-8-10-17-11-9-13/h4-11,18H,2-3,12H2,1H3. The van der Waals surface area contributed by atoms with E-state index in [1.165, 1.54) is 16.7 Å². The van der Waals surface area contributed by atoms with Crippen LogP contribution in [0.2, 0.25) is 0 Å². The second-order valence-electron chi connectivity index (χ2n) is 4.15. The van der Waals surface area contributed by atoms with Crippen LogP contribution in [0, 0.1) is 0 Å². The first kappa shape index (κ1) is 12.4. The van der Waals surface area contributed by atoms with E-state index >= 15 is 0 Å². The highest BCUT2D eigenvalue weighted by Gasteiger charge is 2.03. The lowest BCUT2D eigenvalue weighted by molar-refractivity contribution is 1.10. The molecule has 0 atom stereocenters. The summed E-state index contributed by atoms with van der Waals surface area (Å²) in [6, 6.07) is 10.4. The third-order valence-corrected chi connectivity index (χ3v) is 3.01. The van der Waals surface area contributed by atoms with Gasteiger partial charge in [0.25, 0.3) is 0 Å². The lowest BCUT2D eigenvalue weighted by Gasteiger charge is -2.12. The minimum absolute atomic E-state index is 0.802. The predicted octanol–water partition coefficient (Wildman–Crippen LogP) is 3.90. The topological polar surface area (TPSA) is 24.9 Å². The van der Waals surface area contributed by atoms with Gasteiger partial charge in [-0.05, 0) is 35.7 Å². The van der Waals surface area contributed by atoms with Crippen LogP contribution >= 0.6 is 0 Å². The summed E-state index contributed by atoms with van der Waals surface area (Å²) < 4.78 is 0. The van der Waals surface area contributed by atoms with Gasteiger partial charge >= 0.3 is 0 Å². The summed E-state index contributed by atoms with van der Waals surface area (Å²) in [5, 5.41) is 3.46. The Hall–Kier alpha value is -2.09. The van der Waals surface area contributed by atoms with E-state index in [2.05, 4.69) is 42.0 Å². The molecule has 1 heterocycles. The van der Waals surface area contributed by atoms with Crippen LogP contribution in [-0.2, 0) is 13.0 Å². The van der Waals surface area contributed by atoms with Gasteiger partial charge in [-0.2, -0.15) is 0 Å². The first-order valence-corrected chi connectivity index (χ1v) is 6.22. The Morgan fingerprint density at radius 3 is 2.67 bits per heavy atom. The molecule has 0 aliphatic rings. The number of nitrogens with one attached hydrogen (secondary N) is 1. The van der Waals surface area contributed by atoms with Crippen molar-refractivity contribution in [2.75, 3.05) is 5.32 Å². The molecule has 0 radical (unpaired) electrons. The zero-order valence-electron chi connectivity index (χ0n) is 10.7. The number of aromatic nitrogens is 1. The summed E-state index contributed by atoms with van der Waals surface area (Å²) in [6.45, 7) is 6.87. The zero-order chi connectivity index (χ0) is 12.8. The van der Waals surface area contributed by atoms with Crippen molar-refractivity contribution in [1.82, 2.24) is 4.98 Å². The molecule has 0 aliphatic heterocycles. The molecule has 0 saturated carbocycles. The molecule has 2 nitrogen and oxygen atoms in total. The van der Waals surface area contributed by atoms with E-state index in [-0.39, 0.29) is 0 Å². The van der Waals surface area contributed by atoms with Crippen LogP contribution in [0.5, 0.6) is 0 Å². The molecule has 0 unspecified atom stereocenters. The van der Waals surface area contributed by atoms with E-state index in [1.54, 1.807) is 0 Å². The molecule has 0 saturated heterocycles. The Morgan fingerprint density at radius 1 is 1.22 bits per heavy atom. The summed E-state index contributed by atoms with van der Waals surface area (Å²) >= 11 is 0. The average molecular weight is 238 g/mol. The van der Waals surface area contributed by atoms with Crippen molar-refractivity contribution in [2.24, 2.45) is 0 Å². The van der Waals surface area contributed by atoms with Crippen molar-refractivity contribution < 1.29 is 0 Å².